The Kier molecular flexibility index (Phi) is 3.57. The molecule has 2 N–H and O–H groups in total. The lowest BCUT2D eigenvalue weighted by Gasteiger charge is -2.21. The van der Waals surface area contributed by atoms with Crippen molar-refractivity contribution in [1.82, 2.24) is 9.88 Å². The second-order valence-electron chi connectivity index (χ2n) is 7.04. The summed E-state index contributed by atoms with van der Waals surface area (Å²) < 4.78 is 0. The van der Waals surface area contributed by atoms with Gasteiger partial charge in [-0.1, -0.05) is 13.0 Å². The van der Waals surface area contributed by atoms with Crippen molar-refractivity contribution >= 4 is 12.4 Å². The molecule has 0 amide bonds. The van der Waals surface area contributed by atoms with Crippen molar-refractivity contribution in [3.63, 3.8) is 0 Å². The highest BCUT2D eigenvalue weighted by Crippen LogP contribution is 2.34. The second kappa shape index (κ2) is 5.58. The number of rotatable bonds is 0. The van der Waals surface area contributed by atoms with Gasteiger partial charge in [-0.2, -0.15) is 0 Å². The lowest BCUT2D eigenvalue weighted by atomic mass is 9.90. The predicted molar refractivity (Wildman–Crippen MR) is 89.4 cm³/mol. The minimum atomic E-state index is -0.256. The molecule has 0 aromatic carbocycles. The van der Waals surface area contributed by atoms with Crippen LogP contribution in [0.1, 0.15) is 54.6 Å². The van der Waals surface area contributed by atoms with Crippen LogP contribution < -0.4 is 0 Å². The maximum Gasteiger partial charge on any atom is 0.0854 e. The highest BCUT2D eigenvalue weighted by molar-refractivity contribution is 5.59. The summed E-state index contributed by atoms with van der Waals surface area (Å²) in [7, 11) is 0. The van der Waals surface area contributed by atoms with Gasteiger partial charge in [-0.3, -0.25) is 4.99 Å². The Bertz CT molecular complexity index is 616. The van der Waals surface area contributed by atoms with E-state index in [-0.39, 0.29) is 12.1 Å². The first-order chi connectivity index (χ1) is 10.7. The molecule has 0 saturated carbocycles. The largest absolute Gasteiger partial charge is 0.391 e. The quantitative estimate of drug-likeness (QED) is 0.773. The summed E-state index contributed by atoms with van der Waals surface area (Å²) in [6.07, 6.45) is 11.4. The molecule has 1 aliphatic carbocycles. The number of nitrogens with one attached hydrogen (secondary N) is 1. The zero-order valence-electron chi connectivity index (χ0n) is 13.3. The third-order valence-electron chi connectivity index (χ3n) is 5.33. The highest BCUT2D eigenvalue weighted by Gasteiger charge is 2.27. The predicted octanol–water partition coefficient (Wildman–Crippen LogP) is 2.49. The van der Waals surface area contributed by atoms with E-state index in [2.05, 4.69) is 29.0 Å². The van der Waals surface area contributed by atoms with Gasteiger partial charge in [-0.25, -0.2) is 0 Å². The van der Waals surface area contributed by atoms with Gasteiger partial charge in [0.1, 0.15) is 0 Å². The van der Waals surface area contributed by atoms with E-state index in [9.17, 15) is 5.11 Å². The van der Waals surface area contributed by atoms with E-state index in [4.69, 9.17) is 4.99 Å². The zero-order valence-corrected chi connectivity index (χ0v) is 13.3. The molecule has 0 spiro atoms. The number of aliphatic hydroxyl groups excluding tert-OH is 1. The number of aromatic amines is 1. The van der Waals surface area contributed by atoms with Crippen LogP contribution in [0, 0.1) is 0 Å². The van der Waals surface area contributed by atoms with Crippen LogP contribution in [-0.2, 0) is 12.8 Å². The van der Waals surface area contributed by atoms with Crippen LogP contribution in [0.4, 0.5) is 0 Å². The molecule has 1 unspecified atom stereocenters. The zero-order chi connectivity index (χ0) is 15.1. The molecule has 4 rings (SSSR count). The first-order valence-corrected chi connectivity index (χ1v) is 8.56. The fraction of sp³-hybridized carbons (Fsp3) is 0.611. The van der Waals surface area contributed by atoms with Crippen molar-refractivity contribution in [3.05, 3.63) is 28.6 Å². The molecule has 3 heterocycles. The maximum atomic E-state index is 10.2. The van der Waals surface area contributed by atoms with Crippen molar-refractivity contribution < 1.29 is 5.11 Å². The molecule has 1 aromatic rings. The Morgan fingerprint density at radius 3 is 3.09 bits per heavy atom. The number of aliphatic imine (C=N–C) groups is 1. The van der Waals surface area contributed by atoms with E-state index in [0.29, 0.717) is 5.92 Å². The first-order valence-electron chi connectivity index (χ1n) is 8.56. The van der Waals surface area contributed by atoms with E-state index in [1.165, 1.54) is 22.5 Å². The van der Waals surface area contributed by atoms with Crippen molar-refractivity contribution in [3.8, 4) is 0 Å². The second-order valence-corrected chi connectivity index (χ2v) is 7.04. The molecule has 1 aromatic heterocycles. The molecule has 0 fully saturated rings. The van der Waals surface area contributed by atoms with Crippen molar-refractivity contribution in [2.45, 2.75) is 57.1 Å². The molecule has 3 aliphatic rings. The van der Waals surface area contributed by atoms with E-state index in [0.717, 1.165) is 45.2 Å². The van der Waals surface area contributed by atoms with Gasteiger partial charge in [-0.05, 0) is 55.2 Å². The van der Waals surface area contributed by atoms with Crippen LogP contribution in [0.2, 0.25) is 0 Å². The van der Waals surface area contributed by atoms with E-state index >= 15 is 0 Å². The van der Waals surface area contributed by atoms with Gasteiger partial charge >= 0.3 is 0 Å². The number of aromatic nitrogens is 1. The molecule has 0 saturated heterocycles. The lowest BCUT2D eigenvalue weighted by Crippen LogP contribution is -2.31. The fourth-order valence-electron chi connectivity index (χ4n) is 4.23. The van der Waals surface area contributed by atoms with Gasteiger partial charge in [0.15, 0.2) is 0 Å². The van der Waals surface area contributed by atoms with E-state index in [1.807, 2.05) is 6.34 Å². The molecule has 4 nitrogen and oxygen atoms in total. The lowest BCUT2D eigenvalue weighted by molar-refractivity contribution is 0.133. The summed E-state index contributed by atoms with van der Waals surface area (Å²) in [4.78, 5) is 10.6. The van der Waals surface area contributed by atoms with Crippen LogP contribution in [0.3, 0.4) is 0 Å². The van der Waals surface area contributed by atoms with Gasteiger partial charge in [0.05, 0.1) is 18.5 Å². The third kappa shape index (κ3) is 2.50. The van der Waals surface area contributed by atoms with Gasteiger partial charge < -0.3 is 15.0 Å². The highest BCUT2D eigenvalue weighted by atomic mass is 16.3. The van der Waals surface area contributed by atoms with E-state index in [1.54, 1.807) is 0 Å². The minimum absolute atomic E-state index is 0.233. The third-order valence-corrected chi connectivity index (χ3v) is 5.33. The molecule has 3 atom stereocenters. The molecule has 0 radical (unpaired) electrons. The number of allylic oxidation sites excluding steroid dienone is 1. The Morgan fingerprint density at radius 1 is 1.27 bits per heavy atom. The van der Waals surface area contributed by atoms with Crippen molar-refractivity contribution in [2.24, 2.45) is 4.99 Å². The van der Waals surface area contributed by atoms with Crippen LogP contribution in [0.5, 0.6) is 0 Å². The summed E-state index contributed by atoms with van der Waals surface area (Å²) >= 11 is 0. The van der Waals surface area contributed by atoms with Crippen LogP contribution >= 0.6 is 0 Å². The molecular weight excluding hydrogens is 274 g/mol. The Balaban J connectivity index is 1.73. The van der Waals surface area contributed by atoms with Crippen LogP contribution in [-0.4, -0.2) is 46.6 Å². The number of nitrogens with zero attached hydrogens (tertiary/aromatic N) is 2. The molecule has 118 valence electrons. The number of hydrogen-bond donors (Lipinski definition) is 2. The number of aliphatic hydroxyl groups is 1. The summed E-state index contributed by atoms with van der Waals surface area (Å²) in [5, 5.41) is 10.2. The standard InChI is InChI=1S/C18H25N3O/c1-12-8-13-9-14(22)10-21(11-19-13)7-6-16-15-4-2-3-5-17(15)20-18(12)16/h3,5,11-14,20,22H,2,4,6-10H2,1H3/t12-,13?,14+/m1/s1. The first kappa shape index (κ1) is 14.1. The molecular formula is C18H25N3O. The Labute approximate surface area is 131 Å². The topological polar surface area (TPSA) is 51.6 Å². The van der Waals surface area contributed by atoms with Crippen LogP contribution in [0.15, 0.2) is 11.1 Å². The number of fused-ring (bicyclic) bond motifs is 5. The summed E-state index contributed by atoms with van der Waals surface area (Å²) in [6, 6.07) is 0.233. The number of hydrogen-bond acceptors (Lipinski definition) is 3. The summed E-state index contributed by atoms with van der Waals surface area (Å²) in [5.74, 6) is 0.466. The Morgan fingerprint density at radius 2 is 2.18 bits per heavy atom. The molecule has 4 heteroatoms. The maximum absolute atomic E-state index is 10.2. The average molecular weight is 299 g/mol. The average Bonchev–Trinajstić information content (AvgIpc) is 2.77. The van der Waals surface area contributed by atoms with Crippen molar-refractivity contribution in [2.75, 3.05) is 13.1 Å². The minimum Gasteiger partial charge on any atom is -0.391 e. The monoisotopic (exact) mass is 299 g/mol. The summed E-state index contributed by atoms with van der Waals surface area (Å²) in [6.45, 7) is 3.97. The van der Waals surface area contributed by atoms with E-state index < -0.39 is 0 Å². The van der Waals surface area contributed by atoms with Crippen LogP contribution in [0.25, 0.3) is 6.08 Å². The molecule has 2 bridgehead atoms. The normalized spacial score (nSPS) is 30.8. The van der Waals surface area contributed by atoms with Gasteiger partial charge in [0, 0.05) is 24.5 Å². The van der Waals surface area contributed by atoms with Gasteiger partial charge in [-0.15, -0.1) is 0 Å². The smallest absolute Gasteiger partial charge is 0.0854 e. The fourth-order valence-corrected chi connectivity index (χ4v) is 4.23. The number of H-pyrrole nitrogens is 1. The van der Waals surface area contributed by atoms with Crippen molar-refractivity contribution in [1.29, 1.82) is 0 Å². The van der Waals surface area contributed by atoms with Gasteiger partial charge in [0.25, 0.3) is 0 Å². The molecule has 2 aliphatic heterocycles. The SMILES string of the molecule is C[C@@H]1CC2C[C@H](O)CN(C=N2)CCc2c1[nH]c1c2CCC=C1. The van der Waals surface area contributed by atoms with Gasteiger partial charge in [0.2, 0.25) is 0 Å². The molecule has 22 heavy (non-hydrogen) atoms. The summed E-state index contributed by atoms with van der Waals surface area (Å²) in [5.41, 5.74) is 5.79. The Hall–Kier alpha value is -1.55.